The summed E-state index contributed by atoms with van der Waals surface area (Å²) in [5, 5.41) is 22.7. The lowest BCUT2D eigenvalue weighted by Crippen LogP contribution is -2.50. The van der Waals surface area contributed by atoms with Gasteiger partial charge in [-0.05, 0) is 79.4 Å². The topological polar surface area (TPSA) is 40.5 Å². The van der Waals surface area contributed by atoms with Gasteiger partial charge in [0.1, 0.15) is 0 Å². The zero-order valence-electron chi connectivity index (χ0n) is 20.0. The first-order valence-corrected chi connectivity index (χ1v) is 13.9. The fraction of sp³-hybridized carbons (Fsp3) is 1.00. The van der Waals surface area contributed by atoms with E-state index in [0.29, 0.717) is 11.8 Å². The first kappa shape index (κ1) is 23.1. The molecule has 0 aromatic rings. The first-order valence-electron chi connectivity index (χ1n) is 13.9. The van der Waals surface area contributed by atoms with Gasteiger partial charge in [-0.15, -0.1) is 0 Å². The van der Waals surface area contributed by atoms with Crippen LogP contribution < -0.4 is 0 Å². The molecule has 2 heteroatoms. The number of aliphatic hydroxyl groups is 2. The van der Waals surface area contributed by atoms with E-state index >= 15 is 0 Å². The molecule has 174 valence electrons. The lowest BCUT2D eigenvalue weighted by molar-refractivity contribution is -0.108. The summed E-state index contributed by atoms with van der Waals surface area (Å²) in [5.74, 6) is 4.02. The second kappa shape index (κ2) is 10.2. The quantitative estimate of drug-likeness (QED) is 0.499. The van der Waals surface area contributed by atoms with E-state index in [1.54, 1.807) is 0 Å². The molecule has 0 aliphatic heterocycles. The van der Waals surface area contributed by atoms with Gasteiger partial charge in [-0.25, -0.2) is 0 Å². The molecular formula is C28H50O2. The summed E-state index contributed by atoms with van der Waals surface area (Å²) in [6.07, 6.45) is 21.9. The van der Waals surface area contributed by atoms with Crippen LogP contribution in [0.1, 0.15) is 123 Å². The summed E-state index contributed by atoms with van der Waals surface area (Å²) in [7, 11) is 0. The Bertz CT molecular complexity index is 477. The van der Waals surface area contributed by atoms with Crippen molar-refractivity contribution in [1.29, 1.82) is 0 Å². The van der Waals surface area contributed by atoms with E-state index in [1.165, 1.54) is 89.9 Å². The molecule has 0 heterocycles. The van der Waals surface area contributed by atoms with Gasteiger partial charge in [-0.2, -0.15) is 0 Å². The summed E-state index contributed by atoms with van der Waals surface area (Å²) in [6, 6.07) is 0. The molecule has 0 spiro atoms. The highest BCUT2D eigenvalue weighted by atomic mass is 16.3. The fourth-order valence-corrected chi connectivity index (χ4v) is 8.76. The molecule has 6 unspecified atom stereocenters. The second-order valence-corrected chi connectivity index (χ2v) is 12.1. The predicted octanol–water partition coefficient (Wildman–Crippen LogP) is 7.12. The number of hydrogen-bond acceptors (Lipinski definition) is 2. The van der Waals surface area contributed by atoms with Gasteiger partial charge in [0.05, 0.1) is 12.2 Å². The Morgan fingerprint density at radius 2 is 0.967 bits per heavy atom. The van der Waals surface area contributed by atoms with Crippen LogP contribution in [0.25, 0.3) is 0 Å². The molecule has 0 saturated heterocycles. The normalized spacial score (nSPS) is 42.0. The summed E-state index contributed by atoms with van der Waals surface area (Å²) in [4.78, 5) is 0. The van der Waals surface area contributed by atoms with Crippen LogP contribution >= 0.6 is 0 Å². The van der Waals surface area contributed by atoms with E-state index < -0.39 is 0 Å². The molecule has 30 heavy (non-hydrogen) atoms. The summed E-state index contributed by atoms with van der Waals surface area (Å²) in [6.45, 7) is 4.75. The molecule has 2 N–H and O–H groups in total. The molecule has 4 fully saturated rings. The van der Waals surface area contributed by atoms with E-state index in [4.69, 9.17) is 0 Å². The van der Waals surface area contributed by atoms with Crippen molar-refractivity contribution in [3.63, 3.8) is 0 Å². The molecule has 6 atom stereocenters. The van der Waals surface area contributed by atoms with E-state index in [9.17, 15) is 10.2 Å². The van der Waals surface area contributed by atoms with E-state index in [2.05, 4.69) is 13.8 Å². The predicted molar refractivity (Wildman–Crippen MR) is 125 cm³/mol. The van der Waals surface area contributed by atoms with Crippen LogP contribution in [-0.4, -0.2) is 22.4 Å². The van der Waals surface area contributed by atoms with Gasteiger partial charge in [-0.1, -0.05) is 84.5 Å². The molecule has 0 amide bonds. The Labute approximate surface area is 186 Å². The molecule has 4 rings (SSSR count). The van der Waals surface area contributed by atoms with Crippen molar-refractivity contribution < 1.29 is 10.2 Å². The highest BCUT2D eigenvalue weighted by molar-refractivity contribution is 4.99. The van der Waals surface area contributed by atoms with Crippen molar-refractivity contribution in [2.75, 3.05) is 0 Å². The SMILES string of the molecule is CCC(C)(C1CCC(C2CCCCC2)CC1O)C1CCC(C2CCCCC2)CC1O. The molecular weight excluding hydrogens is 368 g/mol. The minimum absolute atomic E-state index is 0.0912. The highest BCUT2D eigenvalue weighted by Gasteiger charge is 2.50. The largest absolute Gasteiger partial charge is 0.393 e. The lowest BCUT2D eigenvalue weighted by atomic mass is 9.54. The van der Waals surface area contributed by atoms with Crippen LogP contribution in [0.4, 0.5) is 0 Å². The van der Waals surface area contributed by atoms with Gasteiger partial charge >= 0.3 is 0 Å². The van der Waals surface area contributed by atoms with Gasteiger partial charge in [0, 0.05) is 0 Å². The van der Waals surface area contributed by atoms with Crippen LogP contribution in [0, 0.1) is 40.9 Å². The number of rotatable bonds is 5. The standard InChI is InChI=1S/C28H50O2/c1-3-28(2,24-16-14-22(18-26(24)29)20-10-6-4-7-11-20)25-17-15-23(19-27(25)30)21-12-8-5-9-13-21/h20-27,29-30H,3-19H2,1-2H3. The van der Waals surface area contributed by atoms with Crippen molar-refractivity contribution in [2.45, 2.75) is 135 Å². The van der Waals surface area contributed by atoms with Crippen molar-refractivity contribution in [3.8, 4) is 0 Å². The summed E-state index contributed by atoms with van der Waals surface area (Å²) >= 11 is 0. The highest BCUT2D eigenvalue weighted by Crippen LogP contribution is 2.54. The Morgan fingerprint density at radius 3 is 1.30 bits per heavy atom. The van der Waals surface area contributed by atoms with Gasteiger partial charge < -0.3 is 10.2 Å². The summed E-state index contributed by atoms with van der Waals surface area (Å²) in [5.41, 5.74) is 0.0912. The molecule has 4 saturated carbocycles. The third-order valence-corrected chi connectivity index (χ3v) is 10.8. The van der Waals surface area contributed by atoms with Crippen LogP contribution in [0.5, 0.6) is 0 Å². The van der Waals surface area contributed by atoms with Gasteiger partial charge in [0.2, 0.25) is 0 Å². The molecule has 2 nitrogen and oxygen atoms in total. The Kier molecular flexibility index (Phi) is 7.88. The number of aliphatic hydroxyl groups excluding tert-OH is 2. The first-order chi connectivity index (χ1) is 14.5. The molecule has 0 bridgehead atoms. The van der Waals surface area contributed by atoms with Crippen molar-refractivity contribution >= 4 is 0 Å². The Morgan fingerprint density at radius 1 is 0.567 bits per heavy atom. The molecule has 4 aliphatic carbocycles. The average Bonchev–Trinajstić information content (AvgIpc) is 2.79. The van der Waals surface area contributed by atoms with Crippen LogP contribution in [-0.2, 0) is 0 Å². The Hall–Kier alpha value is -0.0800. The van der Waals surface area contributed by atoms with Crippen LogP contribution in [0.2, 0.25) is 0 Å². The molecule has 0 aromatic carbocycles. The lowest BCUT2D eigenvalue weighted by Gasteiger charge is -2.53. The van der Waals surface area contributed by atoms with Crippen molar-refractivity contribution in [2.24, 2.45) is 40.9 Å². The van der Waals surface area contributed by atoms with E-state index in [1.807, 2.05) is 0 Å². The smallest absolute Gasteiger partial charge is 0.0576 e. The van der Waals surface area contributed by atoms with Gasteiger partial charge in [-0.3, -0.25) is 0 Å². The molecule has 0 radical (unpaired) electrons. The van der Waals surface area contributed by atoms with Crippen molar-refractivity contribution in [3.05, 3.63) is 0 Å². The maximum absolute atomic E-state index is 11.3. The minimum Gasteiger partial charge on any atom is -0.393 e. The zero-order valence-corrected chi connectivity index (χ0v) is 20.0. The number of hydrogen-bond donors (Lipinski definition) is 2. The fourth-order valence-electron chi connectivity index (χ4n) is 8.76. The van der Waals surface area contributed by atoms with Crippen LogP contribution in [0.3, 0.4) is 0 Å². The summed E-state index contributed by atoms with van der Waals surface area (Å²) < 4.78 is 0. The maximum atomic E-state index is 11.3. The van der Waals surface area contributed by atoms with Gasteiger partial charge in [0.15, 0.2) is 0 Å². The average molecular weight is 419 g/mol. The molecule has 0 aromatic heterocycles. The Balaban J connectivity index is 1.38. The van der Waals surface area contributed by atoms with E-state index in [-0.39, 0.29) is 17.6 Å². The second-order valence-electron chi connectivity index (χ2n) is 12.1. The van der Waals surface area contributed by atoms with Crippen molar-refractivity contribution in [1.82, 2.24) is 0 Å². The minimum atomic E-state index is -0.154. The third-order valence-electron chi connectivity index (χ3n) is 10.8. The van der Waals surface area contributed by atoms with Gasteiger partial charge in [0.25, 0.3) is 0 Å². The van der Waals surface area contributed by atoms with E-state index in [0.717, 1.165) is 42.9 Å². The third kappa shape index (κ3) is 4.80. The van der Waals surface area contributed by atoms with Crippen LogP contribution in [0.15, 0.2) is 0 Å². The maximum Gasteiger partial charge on any atom is 0.0576 e. The zero-order chi connectivity index (χ0) is 21.1. The monoisotopic (exact) mass is 418 g/mol. The molecule has 4 aliphatic rings.